The van der Waals surface area contributed by atoms with Gasteiger partial charge in [-0.05, 0) is 60.4 Å². The van der Waals surface area contributed by atoms with Gasteiger partial charge in [-0.1, -0.05) is 69.2 Å². The molecule has 0 aromatic heterocycles. The minimum absolute atomic E-state index is 0.250. The number of hydrogen-bond donors (Lipinski definition) is 1. The highest BCUT2D eigenvalue weighted by Crippen LogP contribution is 2.27. The third kappa shape index (κ3) is 8.17. The molecule has 0 fully saturated rings. The smallest absolute Gasteiger partial charge is 0.290 e. The average Bonchev–Trinajstić information content (AvgIpc) is 2.81. The van der Waals surface area contributed by atoms with E-state index < -0.39 is 0 Å². The Morgan fingerprint density at radius 3 is 2.16 bits per heavy atom. The molecule has 3 rings (SSSR count). The lowest BCUT2D eigenvalue weighted by Gasteiger charge is -2.25. The molecule has 0 atom stereocenters. The van der Waals surface area contributed by atoms with Gasteiger partial charge in [-0.15, -0.1) is 0 Å². The van der Waals surface area contributed by atoms with Gasteiger partial charge in [0.25, 0.3) is 6.47 Å². The number of para-hydroxylation sites is 1. The molecule has 1 N–H and O–H groups in total. The quantitative estimate of drug-likeness (QED) is 0.365. The molecule has 0 bridgehead atoms. The highest BCUT2D eigenvalue weighted by atomic mass is 16.5. The van der Waals surface area contributed by atoms with Gasteiger partial charge in [-0.25, -0.2) is 0 Å². The van der Waals surface area contributed by atoms with Crippen LogP contribution in [0.25, 0.3) is 0 Å². The molecule has 31 heavy (non-hydrogen) atoms. The summed E-state index contributed by atoms with van der Waals surface area (Å²) >= 11 is 0. The SMILES string of the molecule is CCCCN(c1ccccc1)c1cccc(COc2ccc(CCC)cc2)c1.O=CO. The van der Waals surface area contributed by atoms with Crippen molar-refractivity contribution in [3.05, 3.63) is 90.0 Å². The van der Waals surface area contributed by atoms with E-state index in [9.17, 15) is 0 Å². The van der Waals surface area contributed by atoms with Gasteiger partial charge in [0, 0.05) is 17.9 Å². The maximum absolute atomic E-state index is 8.36. The molecule has 0 unspecified atom stereocenters. The lowest BCUT2D eigenvalue weighted by molar-refractivity contribution is -0.122. The second-order valence-electron chi connectivity index (χ2n) is 7.30. The summed E-state index contributed by atoms with van der Waals surface area (Å²) < 4.78 is 6.03. The monoisotopic (exact) mass is 419 g/mol. The van der Waals surface area contributed by atoms with Gasteiger partial charge < -0.3 is 14.7 Å². The summed E-state index contributed by atoms with van der Waals surface area (Å²) in [6.45, 7) is 5.79. The third-order valence-corrected chi connectivity index (χ3v) is 4.89. The fourth-order valence-electron chi connectivity index (χ4n) is 3.35. The molecule has 0 saturated carbocycles. The van der Waals surface area contributed by atoms with Gasteiger partial charge in [0.05, 0.1) is 0 Å². The minimum Gasteiger partial charge on any atom is -0.489 e. The van der Waals surface area contributed by atoms with Crippen LogP contribution in [0.5, 0.6) is 5.75 Å². The molecule has 0 spiro atoms. The van der Waals surface area contributed by atoms with E-state index in [1.54, 1.807) is 0 Å². The van der Waals surface area contributed by atoms with Crippen LogP contribution in [-0.4, -0.2) is 18.1 Å². The molecule has 4 nitrogen and oxygen atoms in total. The Morgan fingerprint density at radius 2 is 1.52 bits per heavy atom. The number of aryl methyl sites for hydroxylation is 1. The van der Waals surface area contributed by atoms with Crippen molar-refractivity contribution in [3.8, 4) is 5.75 Å². The predicted octanol–water partition coefficient (Wildman–Crippen LogP) is 6.86. The summed E-state index contributed by atoms with van der Waals surface area (Å²) in [5.41, 5.74) is 5.01. The second-order valence-corrected chi connectivity index (χ2v) is 7.30. The van der Waals surface area contributed by atoms with Crippen LogP contribution in [0.4, 0.5) is 11.4 Å². The van der Waals surface area contributed by atoms with E-state index in [-0.39, 0.29) is 6.47 Å². The summed E-state index contributed by atoms with van der Waals surface area (Å²) in [6, 6.07) is 27.8. The molecule has 0 amide bonds. The van der Waals surface area contributed by atoms with Crippen molar-refractivity contribution < 1.29 is 14.6 Å². The molecule has 0 heterocycles. The van der Waals surface area contributed by atoms with Crippen LogP contribution in [-0.2, 0) is 17.8 Å². The predicted molar refractivity (Wildman–Crippen MR) is 128 cm³/mol. The summed E-state index contributed by atoms with van der Waals surface area (Å²) in [7, 11) is 0. The Kier molecular flexibility index (Phi) is 10.7. The van der Waals surface area contributed by atoms with Crippen molar-refractivity contribution in [2.45, 2.75) is 46.1 Å². The molecule has 3 aromatic carbocycles. The largest absolute Gasteiger partial charge is 0.489 e. The second kappa shape index (κ2) is 13.9. The molecule has 0 aliphatic heterocycles. The third-order valence-electron chi connectivity index (χ3n) is 4.89. The first-order chi connectivity index (χ1) is 15.2. The van der Waals surface area contributed by atoms with Crippen molar-refractivity contribution in [2.75, 3.05) is 11.4 Å². The molecule has 0 saturated heterocycles. The number of carbonyl (C=O) groups is 1. The molecule has 0 aliphatic carbocycles. The van der Waals surface area contributed by atoms with Crippen LogP contribution in [0.3, 0.4) is 0 Å². The number of benzene rings is 3. The Bertz CT molecular complexity index is 878. The molecular formula is C27H33NO3. The van der Waals surface area contributed by atoms with Crippen LogP contribution < -0.4 is 9.64 Å². The van der Waals surface area contributed by atoms with Gasteiger partial charge in [-0.3, -0.25) is 4.79 Å². The van der Waals surface area contributed by atoms with Crippen LogP contribution in [0.1, 0.15) is 44.2 Å². The molecule has 3 aromatic rings. The molecule has 164 valence electrons. The van der Waals surface area contributed by atoms with Crippen molar-refractivity contribution in [2.24, 2.45) is 0 Å². The van der Waals surface area contributed by atoms with E-state index in [0.717, 1.165) is 18.7 Å². The number of hydrogen-bond acceptors (Lipinski definition) is 3. The number of ether oxygens (including phenoxy) is 1. The van der Waals surface area contributed by atoms with Gasteiger partial charge in [0.2, 0.25) is 0 Å². The number of anilines is 2. The topological polar surface area (TPSA) is 49.8 Å². The highest BCUT2D eigenvalue weighted by Gasteiger charge is 2.09. The molecular weight excluding hydrogens is 386 g/mol. The molecule has 0 radical (unpaired) electrons. The summed E-state index contributed by atoms with van der Waals surface area (Å²) in [5.74, 6) is 0.927. The van der Waals surface area contributed by atoms with E-state index in [4.69, 9.17) is 14.6 Å². The van der Waals surface area contributed by atoms with Gasteiger partial charge in [0.1, 0.15) is 12.4 Å². The number of unbranched alkanes of at least 4 members (excludes halogenated alkanes) is 1. The number of carboxylic acid groups (broad SMARTS) is 1. The summed E-state index contributed by atoms with van der Waals surface area (Å²) in [5, 5.41) is 6.89. The Balaban J connectivity index is 0.00000107. The van der Waals surface area contributed by atoms with Crippen LogP contribution in [0.15, 0.2) is 78.9 Å². The van der Waals surface area contributed by atoms with Gasteiger partial charge in [-0.2, -0.15) is 0 Å². The summed E-state index contributed by atoms with van der Waals surface area (Å²) in [6.07, 6.45) is 4.64. The number of nitrogens with zero attached hydrogens (tertiary/aromatic N) is 1. The van der Waals surface area contributed by atoms with Crippen molar-refractivity contribution >= 4 is 17.8 Å². The first kappa shape index (κ1) is 24.0. The van der Waals surface area contributed by atoms with Gasteiger partial charge >= 0.3 is 0 Å². The van der Waals surface area contributed by atoms with Crippen LogP contribution >= 0.6 is 0 Å². The summed E-state index contributed by atoms with van der Waals surface area (Å²) in [4.78, 5) is 10.8. The number of rotatable bonds is 10. The maximum Gasteiger partial charge on any atom is 0.290 e. The average molecular weight is 420 g/mol. The zero-order chi connectivity index (χ0) is 22.3. The van der Waals surface area contributed by atoms with Crippen LogP contribution in [0.2, 0.25) is 0 Å². The lowest BCUT2D eigenvalue weighted by atomic mass is 10.1. The van der Waals surface area contributed by atoms with Crippen molar-refractivity contribution in [1.82, 2.24) is 0 Å². The Morgan fingerprint density at radius 1 is 0.839 bits per heavy atom. The standard InChI is InChI=1S/C26H31NO.CH2O2/c1-3-5-19-27(24-12-7-6-8-13-24)25-14-9-11-23(20-25)21-28-26-17-15-22(10-4-2)16-18-26;2-1-3/h6-9,11-18,20H,3-5,10,19,21H2,1-2H3;1H,(H,2,3). The van der Waals surface area contributed by atoms with E-state index in [2.05, 4.69) is 97.6 Å². The Labute approximate surface area is 186 Å². The van der Waals surface area contributed by atoms with Crippen molar-refractivity contribution in [1.29, 1.82) is 0 Å². The zero-order valence-electron chi connectivity index (χ0n) is 18.5. The normalized spacial score (nSPS) is 10.0. The maximum atomic E-state index is 8.36. The van der Waals surface area contributed by atoms with Crippen LogP contribution in [0, 0.1) is 0 Å². The first-order valence-electron chi connectivity index (χ1n) is 10.9. The molecule has 4 heteroatoms. The van der Waals surface area contributed by atoms with E-state index >= 15 is 0 Å². The minimum atomic E-state index is -0.250. The van der Waals surface area contributed by atoms with E-state index in [1.165, 1.54) is 41.8 Å². The van der Waals surface area contributed by atoms with Gasteiger partial charge in [0.15, 0.2) is 0 Å². The highest BCUT2D eigenvalue weighted by molar-refractivity contribution is 5.63. The zero-order valence-corrected chi connectivity index (χ0v) is 18.5. The van der Waals surface area contributed by atoms with Crippen molar-refractivity contribution in [3.63, 3.8) is 0 Å². The van der Waals surface area contributed by atoms with E-state index in [1.807, 2.05) is 0 Å². The molecule has 0 aliphatic rings. The Hall–Kier alpha value is -3.27. The fraction of sp³-hybridized carbons (Fsp3) is 0.296. The lowest BCUT2D eigenvalue weighted by Crippen LogP contribution is -2.18. The van der Waals surface area contributed by atoms with E-state index in [0.29, 0.717) is 6.61 Å². The first-order valence-corrected chi connectivity index (χ1v) is 10.9. The fourth-order valence-corrected chi connectivity index (χ4v) is 3.35.